The molecule has 5 unspecified atom stereocenters. The topological polar surface area (TPSA) is 152 Å². The number of phenolic OH excluding ortho intramolecular Hbond substituents is 2. The lowest BCUT2D eigenvalue weighted by Crippen LogP contribution is -2.73. The number of methoxy groups -OCH3 is 2. The quantitative estimate of drug-likeness (QED) is 0.308. The van der Waals surface area contributed by atoms with Crippen LogP contribution in [0.5, 0.6) is 17.2 Å². The molecule has 3 aliphatic rings. The van der Waals surface area contributed by atoms with Crippen LogP contribution in [-0.2, 0) is 19.8 Å². The van der Waals surface area contributed by atoms with E-state index in [0.29, 0.717) is 5.56 Å². The van der Waals surface area contributed by atoms with Gasteiger partial charge in [0.05, 0.1) is 35.4 Å². The van der Waals surface area contributed by atoms with E-state index in [-0.39, 0.29) is 49.9 Å². The van der Waals surface area contributed by atoms with Gasteiger partial charge in [-0.2, -0.15) is 0 Å². The van der Waals surface area contributed by atoms with Crippen molar-refractivity contribution in [3.8, 4) is 17.2 Å². The summed E-state index contributed by atoms with van der Waals surface area (Å²) in [6.45, 7) is 4.93. The predicted molar refractivity (Wildman–Crippen MR) is 148 cm³/mol. The van der Waals surface area contributed by atoms with Crippen LogP contribution in [-0.4, -0.2) is 90.1 Å². The summed E-state index contributed by atoms with van der Waals surface area (Å²) in [4.78, 5) is 42.8. The van der Waals surface area contributed by atoms with Gasteiger partial charge in [0.2, 0.25) is 11.6 Å². The summed E-state index contributed by atoms with van der Waals surface area (Å²) in [5.74, 6) is -4.92. The SMILES string of the molecule is COC(=O)c1c(C)ccc2c(O)c3c(cc12)C(=O)c1c2c(cc(O)c1C3=O)C1(C)OC(C)(O2)C(O)C(N(C)C)C1OC. The second kappa shape index (κ2) is 8.98. The number of ketones is 2. The Kier molecular flexibility index (Phi) is 6.01. The van der Waals surface area contributed by atoms with Crippen molar-refractivity contribution in [2.75, 3.05) is 28.3 Å². The molecule has 11 heteroatoms. The fourth-order valence-corrected chi connectivity index (χ4v) is 6.93. The molecule has 1 fully saturated rings. The molecule has 0 radical (unpaired) electrons. The highest BCUT2D eigenvalue weighted by molar-refractivity contribution is 6.33. The number of phenols is 2. The molecule has 220 valence electrons. The van der Waals surface area contributed by atoms with Crippen LogP contribution >= 0.6 is 0 Å². The van der Waals surface area contributed by atoms with Crippen LogP contribution in [0.4, 0.5) is 0 Å². The number of aryl methyl sites for hydroxylation is 1. The van der Waals surface area contributed by atoms with E-state index in [0.717, 1.165) is 0 Å². The van der Waals surface area contributed by atoms with Crippen molar-refractivity contribution < 1.29 is 48.7 Å². The van der Waals surface area contributed by atoms with Crippen LogP contribution < -0.4 is 4.74 Å². The summed E-state index contributed by atoms with van der Waals surface area (Å²) in [7, 11) is 6.25. The number of likely N-dealkylation sites (N-methyl/N-ethyl adjacent to an activating group) is 1. The van der Waals surface area contributed by atoms with Crippen molar-refractivity contribution in [1.29, 1.82) is 0 Å². The average Bonchev–Trinajstić information content (AvgIpc) is 2.92. The van der Waals surface area contributed by atoms with Crippen LogP contribution in [0, 0.1) is 6.92 Å². The largest absolute Gasteiger partial charge is 0.507 e. The van der Waals surface area contributed by atoms with Crippen LogP contribution in [0.2, 0.25) is 0 Å². The fourth-order valence-electron chi connectivity index (χ4n) is 6.93. The molecular weight excluding hydrogens is 546 g/mol. The summed E-state index contributed by atoms with van der Waals surface area (Å²) < 4.78 is 23.4. The first kappa shape index (κ1) is 28.1. The van der Waals surface area contributed by atoms with E-state index >= 15 is 0 Å². The Morgan fingerprint density at radius 1 is 1.00 bits per heavy atom. The number of esters is 1. The Morgan fingerprint density at radius 3 is 2.31 bits per heavy atom. The number of carbonyl (C=O) groups excluding carboxylic acids is 3. The Hall–Kier alpha value is -4.03. The Bertz CT molecular complexity index is 1750. The van der Waals surface area contributed by atoms with E-state index in [1.807, 2.05) is 0 Å². The lowest BCUT2D eigenvalue weighted by atomic mass is 9.73. The molecule has 5 atom stereocenters. The molecule has 3 aromatic carbocycles. The number of aliphatic hydroxyl groups excluding tert-OH is 1. The maximum absolute atomic E-state index is 14.3. The maximum Gasteiger partial charge on any atom is 0.338 e. The van der Waals surface area contributed by atoms with Crippen molar-refractivity contribution >= 4 is 28.3 Å². The van der Waals surface area contributed by atoms with Crippen molar-refractivity contribution in [3.05, 3.63) is 63.2 Å². The number of benzene rings is 3. The summed E-state index contributed by atoms with van der Waals surface area (Å²) >= 11 is 0. The van der Waals surface area contributed by atoms with Gasteiger partial charge in [0, 0.05) is 35.9 Å². The van der Waals surface area contributed by atoms with Gasteiger partial charge >= 0.3 is 5.97 Å². The van der Waals surface area contributed by atoms with E-state index < -0.39 is 58.7 Å². The Morgan fingerprint density at radius 2 is 1.69 bits per heavy atom. The molecule has 11 nitrogen and oxygen atoms in total. The highest BCUT2D eigenvalue weighted by Crippen LogP contribution is 2.56. The monoisotopic (exact) mass is 577 g/mol. The molecule has 1 aliphatic carbocycles. The minimum atomic E-state index is -1.67. The standard InChI is InChI=1S/C31H31NO10/c1-12-8-9-13-14(18(12)29(38)40-7)10-15-19(23(13)34)25(36)20-17(33)11-16-26(21(20)24(15)35)41-31(3)27(37)22(32(4)5)28(39-6)30(16,2)42-31/h8-11,22,27-28,33-34,37H,1-7H3. The summed E-state index contributed by atoms with van der Waals surface area (Å²) in [6.07, 6.45) is -2.03. The lowest BCUT2D eigenvalue weighted by molar-refractivity contribution is -0.365. The first-order valence-corrected chi connectivity index (χ1v) is 13.4. The van der Waals surface area contributed by atoms with Gasteiger partial charge in [-0.1, -0.05) is 12.1 Å². The van der Waals surface area contributed by atoms with Gasteiger partial charge in [0.15, 0.2) is 5.78 Å². The second-order valence-electron chi connectivity index (χ2n) is 11.6. The third-order valence-corrected chi connectivity index (χ3v) is 8.90. The van der Waals surface area contributed by atoms with Crippen molar-refractivity contribution in [2.24, 2.45) is 0 Å². The predicted octanol–water partition coefficient (Wildman–Crippen LogP) is 2.78. The zero-order chi connectivity index (χ0) is 30.6. The third-order valence-electron chi connectivity index (χ3n) is 8.90. The number of hydrogen-bond donors (Lipinski definition) is 3. The number of ether oxygens (including phenoxy) is 4. The zero-order valence-corrected chi connectivity index (χ0v) is 24.2. The van der Waals surface area contributed by atoms with Crippen molar-refractivity contribution in [3.63, 3.8) is 0 Å². The van der Waals surface area contributed by atoms with Crippen LogP contribution in [0.3, 0.4) is 0 Å². The van der Waals surface area contributed by atoms with E-state index in [1.165, 1.54) is 33.3 Å². The smallest absolute Gasteiger partial charge is 0.338 e. The second-order valence-corrected chi connectivity index (χ2v) is 11.6. The molecule has 6 rings (SSSR count). The number of hydrogen-bond acceptors (Lipinski definition) is 11. The maximum atomic E-state index is 14.3. The molecular formula is C31H31NO10. The van der Waals surface area contributed by atoms with Crippen LogP contribution in [0.15, 0.2) is 24.3 Å². The summed E-state index contributed by atoms with van der Waals surface area (Å²) in [6, 6.07) is 5.22. The molecule has 0 saturated carbocycles. The first-order chi connectivity index (χ1) is 19.7. The van der Waals surface area contributed by atoms with Gasteiger partial charge in [0.1, 0.15) is 35.1 Å². The van der Waals surface area contributed by atoms with Crippen LogP contribution in [0.25, 0.3) is 10.8 Å². The van der Waals surface area contributed by atoms with Crippen molar-refractivity contribution in [2.45, 2.75) is 50.4 Å². The average molecular weight is 578 g/mol. The van der Waals surface area contributed by atoms with E-state index in [2.05, 4.69) is 0 Å². The van der Waals surface area contributed by atoms with Crippen molar-refractivity contribution in [1.82, 2.24) is 4.90 Å². The number of carbonyl (C=O) groups is 3. The highest BCUT2D eigenvalue weighted by Gasteiger charge is 2.64. The molecule has 42 heavy (non-hydrogen) atoms. The van der Waals surface area contributed by atoms with Gasteiger partial charge in [0.25, 0.3) is 0 Å². The molecule has 2 aliphatic heterocycles. The number of aromatic hydroxyl groups is 2. The molecule has 2 bridgehead atoms. The van der Waals surface area contributed by atoms with Gasteiger partial charge in [-0.15, -0.1) is 0 Å². The Labute approximate surface area is 241 Å². The van der Waals surface area contributed by atoms with E-state index in [9.17, 15) is 29.7 Å². The fraction of sp³-hybridized carbons (Fsp3) is 0.387. The number of aliphatic hydroxyl groups is 1. The minimum Gasteiger partial charge on any atom is -0.507 e. The van der Waals surface area contributed by atoms with E-state index in [4.69, 9.17) is 18.9 Å². The molecule has 2 heterocycles. The molecule has 3 aromatic rings. The van der Waals surface area contributed by atoms with Gasteiger partial charge in [-0.25, -0.2) is 4.79 Å². The first-order valence-electron chi connectivity index (χ1n) is 13.4. The summed E-state index contributed by atoms with van der Waals surface area (Å²) in [5.41, 5.74) is -1.46. The molecule has 0 spiro atoms. The van der Waals surface area contributed by atoms with E-state index in [1.54, 1.807) is 45.0 Å². The number of fused-ring (bicyclic) bond motifs is 8. The zero-order valence-electron chi connectivity index (χ0n) is 24.2. The van der Waals surface area contributed by atoms with Crippen LogP contribution in [0.1, 0.15) is 67.2 Å². The van der Waals surface area contributed by atoms with Gasteiger partial charge in [-0.05, 0) is 45.6 Å². The molecule has 1 saturated heterocycles. The normalized spacial score (nSPS) is 27.8. The highest BCUT2D eigenvalue weighted by atomic mass is 16.7. The van der Waals surface area contributed by atoms with Gasteiger partial charge in [-0.3, -0.25) is 9.59 Å². The lowest BCUT2D eigenvalue weighted by Gasteiger charge is -2.59. The molecule has 0 aromatic heterocycles. The Balaban J connectivity index is 1.66. The molecule has 3 N–H and O–H groups in total. The van der Waals surface area contributed by atoms with Gasteiger partial charge < -0.3 is 39.2 Å². The third kappa shape index (κ3) is 3.39. The minimum absolute atomic E-state index is 0.0432. The molecule has 0 amide bonds. The number of rotatable bonds is 3. The number of nitrogens with zero attached hydrogens (tertiary/aromatic N) is 1. The summed E-state index contributed by atoms with van der Waals surface area (Å²) in [5, 5.41) is 34.4.